The SMILES string of the molecule is COC(OC)C(C)NCCOCC1CC1. The highest BCUT2D eigenvalue weighted by molar-refractivity contribution is 4.72. The van der Waals surface area contributed by atoms with Crippen LogP contribution < -0.4 is 5.32 Å². The molecule has 0 radical (unpaired) electrons. The fourth-order valence-corrected chi connectivity index (χ4v) is 1.49. The first-order valence-electron chi connectivity index (χ1n) is 5.64. The zero-order chi connectivity index (χ0) is 11.1. The topological polar surface area (TPSA) is 39.7 Å². The number of hydrogen-bond acceptors (Lipinski definition) is 4. The summed E-state index contributed by atoms with van der Waals surface area (Å²) in [5.41, 5.74) is 0. The molecule has 1 saturated carbocycles. The van der Waals surface area contributed by atoms with E-state index in [1.807, 2.05) is 6.92 Å². The quantitative estimate of drug-likeness (QED) is 0.462. The van der Waals surface area contributed by atoms with Crippen molar-refractivity contribution >= 4 is 0 Å². The van der Waals surface area contributed by atoms with Crippen LogP contribution in [0.15, 0.2) is 0 Å². The van der Waals surface area contributed by atoms with E-state index in [2.05, 4.69) is 5.32 Å². The lowest BCUT2D eigenvalue weighted by molar-refractivity contribution is -0.119. The minimum absolute atomic E-state index is 0.185. The Morgan fingerprint density at radius 1 is 1.27 bits per heavy atom. The van der Waals surface area contributed by atoms with Crippen LogP contribution in [0.4, 0.5) is 0 Å². The Labute approximate surface area is 92.3 Å². The number of nitrogens with one attached hydrogen (secondary N) is 1. The molecule has 1 N–H and O–H groups in total. The van der Waals surface area contributed by atoms with Gasteiger partial charge >= 0.3 is 0 Å². The molecule has 0 aromatic heterocycles. The summed E-state index contributed by atoms with van der Waals surface area (Å²) < 4.78 is 15.8. The lowest BCUT2D eigenvalue weighted by atomic mass is 10.3. The van der Waals surface area contributed by atoms with E-state index in [-0.39, 0.29) is 12.3 Å². The van der Waals surface area contributed by atoms with E-state index >= 15 is 0 Å². The smallest absolute Gasteiger partial charge is 0.171 e. The molecule has 0 spiro atoms. The minimum Gasteiger partial charge on any atom is -0.380 e. The van der Waals surface area contributed by atoms with Gasteiger partial charge in [-0.25, -0.2) is 0 Å². The van der Waals surface area contributed by atoms with Gasteiger partial charge in [0.05, 0.1) is 12.6 Å². The lowest BCUT2D eigenvalue weighted by Gasteiger charge is -2.22. The van der Waals surface area contributed by atoms with Crippen LogP contribution in [0.5, 0.6) is 0 Å². The highest BCUT2D eigenvalue weighted by Crippen LogP contribution is 2.28. The van der Waals surface area contributed by atoms with E-state index < -0.39 is 0 Å². The highest BCUT2D eigenvalue weighted by Gasteiger charge is 2.21. The predicted octanol–water partition coefficient (Wildman–Crippen LogP) is 1.01. The number of ether oxygens (including phenoxy) is 3. The van der Waals surface area contributed by atoms with Gasteiger partial charge in [0.1, 0.15) is 0 Å². The van der Waals surface area contributed by atoms with E-state index in [1.54, 1.807) is 14.2 Å². The number of methoxy groups -OCH3 is 2. The molecule has 1 aliphatic rings. The van der Waals surface area contributed by atoms with Crippen LogP contribution >= 0.6 is 0 Å². The lowest BCUT2D eigenvalue weighted by Crippen LogP contribution is -2.41. The Kier molecular flexibility index (Phi) is 6.17. The van der Waals surface area contributed by atoms with E-state index in [9.17, 15) is 0 Å². The Morgan fingerprint density at radius 2 is 1.93 bits per heavy atom. The maximum absolute atomic E-state index is 5.51. The average Bonchev–Trinajstić information content (AvgIpc) is 3.03. The van der Waals surface area contributed by atoms with Crippen molar-refractivity contribution in [3.63, 3.8) is 0 Å². The van der Waals surface area contributed by atoms with E-state index in [4.69, 9.17) is 14.2 Å². The van der Waals surface area contributed by atoms with Gasteiger partial charge in [0.2, 0.25) is 0 Å². The molecule has 1 aliphatic carbocycles. The zero-order valence-corrected chi connectivity index (χ0v) is 9.99. The average molecular weight is 217 g/mol. The van der Waals surface area contributed by atoms with Crippen molar-refractivity contribution < 1.29 is 14.2 Å². The van der Waals surface area contributed by atoms with Crippen molar-refractivity contribution in [2.45, 2.75) is 32.1 Å². The van der Waals surface area contributed by atoms with Crippen molar-refractivity contribution in [2.24, 2.45) is 5.92 Å². The maximum atomic E-state index is 5.51. The van der Waals surface area contributed by atoms with Crippen LogP contribution in [0.2, 0.25) is 0 Å². The van der Waals surface area contributed by atoms with Gasteiger partial charge in [0.25, 0.3) is 0 Å². The van der Waals surface area contributed by atoms with E-state index in [1.165, 1.54) is 12.8 Å². The van der Waals surface area contributed by atoms with Gasteiger partial charge in [-0.1, -0.05) is 0 Å². The second-order valence-electron chi connectivity index (χ2n) is 4.10. The summed E-state index contributed by atoms with van der Waals surface area (Å²) in [7, 11) is 3.30. The molecular weight excluding hydrogens is 194 g/mol. The molecule has 1 unspecified atom stereocenters. The molecule has 0 aromatic rings. The van der Waals surface area contributed by atoms with E-state index in [0.717, 1.165) is 25.7 Å². The number of rotatable bonds is 9. The second-order valence-corrected chi connectivity index (χ2v) is 4.10. The predicted molar refractivity (Wildman–Crippen MR) is 58.8 cm³/mol. The second kappa shape index (κ2) is 7.17. The minimum atomic E-state index is -0.187. The molecule has 1 atom stereocenters. The van der Waals surface area contributed by atoms with Crippen LogP contribution in [0, 0.1) is 5.92 Å². The molecule has 1 rings (SSSR count). The first-order chi connectivity index (χ1) is 7.27. The summed E-state index contributed by atoms with van der Waals surface area (Å²) in [6, 6.07) is 0.185. The van der Waals surface area contributed by atoms with Gasteiger partial charge in [-0.2, -0.15) is 0 Å². The van der Waals surface area contributed by atoms with Crippen LogP contribution in [0.3, 0.4) is 0 Å². The zero-order valence-electron chi connectivity index (χ0n) is 9.99. The van der Waals surface area contributed by atoms with Gasteiger partial charge in [0.15, 0.2) is 6.29 Å². The third-order valence-corrected chi connectivity index (χ3v) is 2.64. The molecule has 0 heterocycles. The number of hydrogen-bond donors (Lipinski definition) is 1. The summed E-state index contributed by atoms with van der Waals surface area (Å²) in [6.07, 6.45) is 2.51. The van der Waals surface area contributed by atoms with Crippen LogP contribution in [-0.2, 0) is 14.2 Å². The molecule has 90 valence electrons. The normalized spacial score (nSPS) is 18.4. The largest absolute Gasteiger partial charge is 0.380 e. The molecule has 0 saturated heterocycles. The summed E-state index contributed by atoms with van der Waals surface area (Å²) in [5.74, 6) is 0.841. The molecule has 0 aliphatic heterocycles. The third-order valence-electron chi connectivity index (χ3n) is 2.64. The Balaban J connectivity index is 1.92. The van der Waals surface area contributed by atoms with Crippen molar-refractivity contribution in [1.82, 2.24) is 5.32 Å². The van der Waals surface area contributed by atoms with Crippen LogP contribution in [0.25, 0.3) is 0 Å². The standard InChI is InChI=1S/C11H23NO3/c1-9(11(13-2)14-3)12-6-7-15-8-10-4-5-10/h9-12H,4-8H2,1-3H3. The van der Waals surface area contributed by atoms with Crippen LogP contribution in [-0.4, -0.2) is 46.3 Å². The Morgan fingerprint density at radius 3 is 2.47 bits per heavy atom. The fourth-order valence-electron chi connectivity index (χ4n) is 1.49. The monoisotopic (exact) mass is 217 g/mol. The van der Waals surface area contributed by atoms with Crippen molar-refractivity contribution in [1.29, 1.82) is 0 Å². The summed E-state index contributed by atoms with van der Waals surface area (Å²) in [6.45, 7) is 4.57. The molecule has 0 bridgehead atoms. The third kappa shape index (κ3) is 5.47. The van der Waals surface area contributed by atoms with Gasteiger partial charge in [-0.05, 0) is 25.7 Å². The van der Waals surface area contributed by atoms with Crippen molar-refractivity contribution in [2.75, 3.05) is 34.0 Å². The molecule has 4 heteroatoms. The van der Waals surface area contributed by atoms with Crippen molar-refractivity contribution in [3.8, 4) is 0 Å². The molecule has 0 amide bonds. The molecule has 4 nitrogen and oxygen atoms in total. The van der Waals surface area contributed by atoms with Gasteiger partial charge in [-0.15, -0.1) is 0 Å². The summed E-state index contributed by atoms with van der Waals surface area (Å²) in [4.78, 5) is 0. The highest BCUT2D eigenvalue weighted by atomic mass is 16.7. The molecule has 15 heavy (non-hydrogen) atoms. The Hall–Kier alpha value is -0.160. The van der Waals surface area contributed by atoms with Crippen molar-refractivity contribution in [3.05, 3.63) is 0 Å². The molecule has 1 fully saturated rings. The fraction of sp³-hybridized carbons (Fsp3) is 1.00. The molecule has 0 aromatic carbocycles. The maximum Gasteiger partial charge on any atom is 0.171 e. The summed E-state index contributed by atoms with van der Waals surface area (Å²) >= 11 is 0. The Bertz CT molecular complexity index is 158. The molecular formula is C11H23NO3. The van der Waals surface area contributed by atoms with Crippen LogP contribution in [0.1, 0.15) is 19.8 Å². The summed E-state index contributed by atoms with van der Waals surface area (Å²) in [5, 5.41) is 3.30. The van der Waals surface area contributed by atoms with Gasteiger partial charge in [0, 0.05) is 27.4 Å². The van der Waals surface area contributed by atoms with Gasteiger partial charge in [-0.3, -0.25) is 0 Å². The van der Waals surface area contributed by atoms with E-state index in [0.29, 0.717) is 0 Å². The first-order valence-corrected chi connectivity index (χ1v) is 5.64. The first kappa shape index (κ1) is 12.9. The van der Waals surface area contributed by atoms with Gasteiger partial charge < -0.3 is 19.5 Å².